The van der Waals surface area contributed by atoms with E-state index in [1.165, 1.54) is 0 Å². The molecule has 0 spiro atoms. The highest BCUT2D eigenvalue weighted by molar-refractivity contribution is 14.1. The highest BCUT2D eigenvalue weighted by Crippen LogP contribution is 2.17. The first-order valence-electron chi connectivity index (χ1n) is 5.07. The van der Waals surface area contributed by atoms with Crippen LogP contribution in [-0.4, -0.2) is 34.5 Å². The van der Waals surface area contributed by atoms with Crippen molar-refractivity contribution in [1.29, 1.82) is 0 Å². The van der Waals surface area contributed by atoms with Crippen LogP contribution in [0.25, 0.3) is 11.0 Å². The van der Waals surface area contributed by atoms with Gasteiger partial charge in [0.2, 0.25) is 5.91 Å². The molecule has 0 saturated heterocycles. The quantitative estimate of drug-likeness (QED) is 0.659. The number of benzene rings is 1. The average Bonchev–Trinajstić information content (AvgIpc) is 2.54. The van der Waals surface area contributed by atoms with E-state index in [0.717, 1.165) is 14.6 Å². The van der Waals surface area contributed by atoms with E-state index in [1.807, 2.05) is 22.8 Å². The Morgan fingerprint density at radius 1 is 1.53 bits per heavy atom. The fourth-order valence-electron chi connectivity index (χ4n) is 1.57. The van der Waals surface area contributed by atoms with E-state index < -0.39 is 0 Å². The van der Waals surface area contributed by atoms with Gasteiger partial charge in [-0.2, -0.15) is 0 Å². The van der Waals surface area contributed by atoms with Crippen molar-refractivity contribution in [2.24, 2.45) is 0 Å². The fourth-order valence-corrected chi connectivity index (χ4v) is 2.33. The molecule has 0 saturated carbocycles. The Balaban J connectivity index is 2.50. The van der Waals surface area contributed by atoms with Crippen LogP contribution in [0.15, 0.2) is 18.2 Å². The largest absolute Gasteiger partial charge is 0.347 e. The zero-order valence-electron chi connectivity index (χ0n) is 9.53. The summed E-state index contributed by atoms with van der Waals surface area (Å²) in [5.41, 5.74) is 1.93. The van der Waals surface area contributed by atoms with Crippen LogP contribution >= 0.6 is 34.8 Å². The highest BCUT2D eigenvalue weighted by Gasteiger charge is 2.10. The SMILES string of the molecule is CN(C)C(=O)Cn1c(=S)[nH]c2cc(I)ccc21. The second kappa shape index (κ2) is 4.77. The van der Waals surface area contributed by atoms with E-state index in [0.29, 0.717) is 4.77 Å². The molecule has 1 aromatic heterocycles. The third-order valence-corrected chi connectivity index (χ3v) is 3.52. The monoisotopic (exact) mass is 361 g/mol. The number of aromatic nitrogens is 2. The summed E-state index contributed by atoms with van der Waals surface area (Å²) in [5, 5.41) is 0. The van der Waals surface area contributed by atoms with Gasteiger partial charge < -0.3 is 14.5 Å². The maximum absolute atomic E-state index is 11.7. The summed E-state index contributed by atoms with van der Waals surface area (Å²) in [7, 11) is 3.48. The molecule has 0 aliphatic carbocycles. The van der Waals surface area contributed by atoms with Crippen LogP contribution in [0, 0.1) is 8.34 Å². The van der Waals surface area contributed by atoms with Crippen molar-refractivity contribution in [3.63, 3.8) is 0 Å². The molecule has 0 bridgehead atoms. The van der Waals surface area contributed by atoms with Gasteiger partial charge in [-0.1, -0.05) is 0 Å². The molecule has 0 fully saturated rings. The average molecular weight is 361 g/mol. The Hall–Kier alpha value is -0.890. The Bertz CT molecular complexity index is 629. The van der Waals surface area contributed by atoms with Crippen molar-refractivity contribution >= 4 is 51.7 Å². The zero-order valence-corrected chi connectivity index (χ0v) is 12.5. The summed E-state index contributed by atoms with van der Waals surface area (Å²) in [6.07, 6.45) is 0. The third-order valence-electron chi connectivity index (χ3n) is 2.53. The molecule has 4 nitrogen and oxygen atoms in total. The van der Waals surface area contributed by atoms with Gasteiger partial charge in [-0.15, -0.1) is 0 Å². The Labute approximate surface area is 118 Å². The number of nitrogens with zero attached hydrogens (tertiary/aromatic N) is 2. The minimum absolute atomic E-state index is 0.0283. The first-order valence-corrected chi connectivity index (χ1v) is 6.56. The summed E-state index contributed by atoms with van der Waals surface area (Å²) in [5.74, 6) is 0.0283. The lowest BCUT2D eigenvalue weighted by Gasteiger charge is -2.11. The van der Waals surface area contributed by atoms with Gasteiger partial charge in [-0.3, -0.25) is 4.79 Å². The summed E-state index contributed by atoms with van der Waals surface area (Å²) in [6.45, 7) is 0.270. The number of amides is 1. The third kappa shape index (κ3) is 2.52. The summed E-state index contributed by atoms with van der Waals surface area (Å²) in [4.78, 5) is 16.4. The standard InChI is InChI=1S/C11H12IN3OS/c1-14(2)10(16)6-15-9-4-3-7(12)5-8(9)13-11(15)17/h3-5H,6H2,1-2H3,(H,13,17). The molecule has 1 aromatic carbocycles. The minimum atomic E-state index is 0.0283. The topological polar surface area (TPSA) is 41.0 Å². The van der Waals surface area contributed by atoms with Gasteiger partial charge in [-0.05, 0) is 53.0 Å². The number of nitrogens with one attached hydrogen (secondary N) is 1. The molecule has 1 amide bonds. The summed E-state index contributed by atoms with van der Waals surface area (Å²) in [6, 6.07) is 6.00. The van der Waals surface area contributed by atoms with Crippen LogP contribution in [0.1, 0.15) is 0 Å². The first kappa shape index (κ1) is 12.6. The van der Waals surface area contributed by atoms with E-state index in [9.17, 15) is 4.79 Å². The van der Waals surface area contributed by atoms with Gasteiger partial charge >= 0.3 is 0 Å². The van der Waals surface area contributed by atoms with Gasteiger partial charge in [-0.25, -0.2) is 0 Å². The van der Waals surface area contributed by atoms with Crippen molar-refractivity contribution < 1.29 is 4.79 Å². The second-order valence-electron chi connectivity index (χ2n) is 3.97. The van der Waals surface area contributed by atoms with Crippen molar-refractivity contribution in [3.8, 4) is 0 Å². The zero-order chi connectivity index (χ0) is 12.6. The number of hydrogen-bond donors (Lipinski definition) is 1. The first-order chi connectivity index (χ1) is 7.99. The number of aromatic amines is 1. The van der Waals surface area contributed by atoms with E-state index >= 15 is 0 Å². The minimum Gasteiger partial charge on any atom is -0.347 e. The summed E-state index contributed by atoms with van der Waals surface area (Å²) < 4.78 is 3.54. The van der Waals surface area contributed by atoms with Gasteiger partial charge in [0.25, 0.3) is 0 Å². The van der Waals surface area contributed by atoms with Crippen LogP contribution in [0.3, 0.4) is 0 Å². The molecule has 90 valence electrons. The molecule has 0 unspecified atom stereocenters. The molecule has 1 heterocycles. The van der Waals surface area contributed by atoms with Crippen molar-refractivity contribution in [3.05, 3.63) is 26.5 Å². The van der Waals surface area contributed by atoms with Crippen molar-refractivity contribution in [2.45, 2.75) is 6.54 Å². The molecule has 17 heavy (non-hydrogen) atoms. The van der Waals surface area contributed by atoms with Crippen LogP contribution in [0.4, 0.5) is 0 Å². The lowest BCUT2D eigenvalue weighted by Crippen LogP contribution is -2.26. The summed E-state index contributed by atoms with van der Waals surface area (Å²) >= 11 is 7.48. The van der Waals surface area contributed by atoms with Crippen molar-refractivity contribution in [1.82, 2.24) is 14.5 Å². The number of hydrogen-bond acceptors (Lipinski definition) is 2. The van der Waals surface area contributed by atoms with Crippen LogP contribution in [-0.2, 0) is 11.3 Å². The highest BCUT2D eigenvalue weighted by atomic mass is 127. The van der Waals surface area contributed by atoms with E-state index in [4.69, 9.17) is 12.2 Å². The Morgan fingerprint density at radius 3 is 2.88 bits per heavy atom. The number of imidazole rings is 1. The lowest BCUT2D eigenvalue weighted by molar-refractivity contribution is -0.129. The molecule has 2 aromatic rings. The number of rotatable bonds is 2. The number of likely N-dealkylation sites (N-methyl/N-ethyl adjacent to an activating group) is 1. The molecule has 1 N–H and O–H groups in total. The lowest BCUT2D eigenvalue weighted by atomic mass is 10.3. The van der Waals surface area contributed by atoms with Gasteiger partial charge in [0, 0.05) is 17.7 Å². The van der Waals surface area contributed by atoms with Gasteiger partial charge in [0.05, 0.1) is 11.0 Å². The Kier molecular flexibility index (Phi) is 3.53. The number of H-pyrrole nitrogens is 1. The molecule has 0 radical (unpaired) electrons. The number of halogens is 1. The van der Waals surface area contributed by atoms with Gasteiger partial charge in [0.1, 0.15) is 6.54 Å². The van der Waals surface area contributed by atoms with Crippen LogP contribution < -0.4 is 0 Å². The van der Waals surface area contributed by atoms with E-state index in [1.54, 1.807) is 19.0 Å². The number of fused-ring (bicyclic) bond motifs is 1. The van der Waals surface area contributed by atoms with E-state index in [2.05, 4.69) is 27.6 Å². The van der Waals surface area contributed by atoms with Gasteiger partial charge in [0.15, 0.2) is 4.77 Å². The number of carbonyl (C=O) groups is 1. The predicted molar refractivity (Wildman–Crippen MR) is 78.5 cm³/mol. The molecular formula is C11H12IN3OS. The molecule has 0 aliphatic rings. The van der Waals surface area contributed by atoms with Crippen molar-refractivity contribution in [2.75, 3.05) is 14.1 Å². The normalized spacial score (nSPS) is 10.8. The predicted octanol–water partition coefficient (Wildman–Crippen LogP) is 2.39. The maximum atomic E-state index is 11.7. The molecule has 2 rings (SSSR count). The van der Waals surface area contributed by atoms with Crippen LogP contribution in [0.2, 0.25) is 0 Å². The molecule has 0 atom stereocenters. The van der Waals surface area contributed by atoms with E-state index in [-0.39, 0.29) is 12.5 Å². The number of carbonyl (C=O) groups excluding carboxylic acids is 1. The second-order valence-corrected chi connectivity index (χ2v) is 5.60. The molecular weight excluding hydrogens is 349 g/mol. The fraction of sp³-hybridized carbons (Fsp3) is 0.273. The molecule has 0 aliphatic heterocycles. The molecule has 6 heteroatoms. The maximum Gasteiger partial charge on any atom is 0.242 e. The van der Waals surface area contributed by atoms with Crippen LogP contribution in [0.5, 0.6) is 0 Å². The Morgan fingerprint density at radius 2 is 2.24 bits per heavy atom. The smallest absolute Gasteiger partial charge is 0.242 e.